The van der Waals surface area contributed by atoms with Gasteiger partial charge >= 0.3 is 11.9 Å². The molecule has 5 heteroatoms. The number of rotatable bonds is 4. The summed E-state index contributed by atoms with van der Waals surface area (Å²) in [5.74, 6) is -2.39. The summed E-state index contributed by atoms with van der Waals surface area (Å²) >= 11 is 0. The Labute approximate surface area is 96.9 Å². The molecule has 0 heterocycles. The SMILES string of the molecule is O=C(O)C=Cc1cccc(O)c1C=CC(=O)O. The van der Waals surface area contributed by atoms with Crippen molar-refractivity contribution in [3.8, 4) is 5.75 Å². The molecule has 0 atom stereocenters. The van der Waals surface area contributed by atoms with Crippen LogP contribution < -0.4 is 0 Å². The highest BCUT2D eigenvalue weighted by Gasteiger charge is 2.03. The minimum atomic E-state index is -1.15. The number of carboxylic acid groups (broad SMARTS) is 2. The van der Waals surface area contributed by atoms with Crippen molar-refractivity contribution in [3.63, 3.8) is 0 Å². The molecule has 0 aromatic heterocycles. The molecule has 0 saturated heterocycles. The Bertz CT molecular complexity index is 500. The van der Waals surface area contributed by atoms with Gasteiger partial charge in [-0.15, -0.1) is 0 Å². The Kier molecular flexibility index (Phi) is 4.05. The Hall–Kier alpha value is -2.56. The van der Waals surface area contributed by atoms with Crippen molar-refractivity contribution in [1.29, 1.82) is 0 Å². The molecule has 0 fully saturated rings. The standard InChI is InChI=1S/C12H10O5/c13-10-3-1-2-8(4-6-11(14)15)9(10)5-7-12(16)17/h1-7,13H,(H,14,15)(H,16,17). The average molecular weight is 234 g/mol. The number of hydrogen-bond acceptors (Lipinski definition) is 3. The molecule has 0 radical (unpaired) electrons. The van der Waals surface area contributed by atoms with Gasteiger partial charge in [0.05, 0.1) is 0 Å². The maximum atomic E-state index is 10.4. The molecule has 1 aromatic rings. The van der Waals surface area contributed by atoms with Gasteiger partial charge in [0, 0.05) is 17.7 Å². The topological polar surface area (TPSA) is 94.8 Å². The zero-order valence-corrected chi connectivity index (χ0v) is 8.70. The number of aliphatic carboxylic acids is 2. The van der Waals surface area contributed by atoms with Gasteiger partial charge in [0.1, 0.15) is 5.75 Å². The third-order valence-electron chi connectivity index (χ3n) is 1.91. The number of phenolic OH excluding ortho intramolecular Hbond substituents is 1. The predicted molar refractivity (Wildman–Crippen MR) is 61.4 cm³/mol. The van der Waals surface area contributed by atoms with Gasteiger partial charge in [0.15, 0.2) is 0 Å². The highest BCUT2D eigenvalue weighted by atomic mass is 16.4. The second-order valence-corrected chi connectivity index (χ2v) is 3.12. The van der Waals surface area contributed by atoms with Crippen molar-refractivity contribution < 1.29 is 24.9 Å². The van der Waals surface area contributed by atoms with Crippen molar-refractivity contribution in [1.82, 2.24) is 0 Å². The summed E-state index contributed by atoms with van der Waals surface area (Å²) in [6.45, 7) is 0. The second kappa shape index (κ2) is 5.50. The molecule has 0 aliphatic heterocycles. The van der Waals surface area contributed by atoms with Gasteiger partial charge in [0.2, 0.25) is 0 Å². The molecule has 1 aromatic carbocycles. The number of carbonyl (C=O) groups is 2. The van der Waals surface area contributed by atoms with E-state index >= 15 is 0 Å². The van der Waals surface area contributed by atoms with Crippen LogP contribution in [0.3, 0.4) is 0 Å². The van der Waals surface area contributed by atoms with E-state index < -0.39 is 11.9 Å². The van der Waals surface area contributed by atoms with Gasteiger partial charge in [-0.2, -0.15) is 0 Å². The van der Waals surface area contributed by atoms with Crippen LogP contribution in [-0.4, -0.2) is 27.3 Å². The van der Waals surface area contributed by atoms with Crippen LogP contribution >= 0.6 is 0 Å². The first-order valence-electron chi connectivity index (χ1n) is 4.64. The van der Waals surface area contributed by atoms with Gasteiger partial charge in [-0.25, -0.2) is 9.59 Å². The molecule has 3 N–H and O–H groups in total. The zero-order chi connectivity index (χ0) is 12.8. The fourth-order valence-corrected chi connectivity index (χ4v) is 1.21. The van der Waals surface area contributed by atoms with Crippen LogP contribution in [0, 0.1) is 0 Å². The summed E-state index contributed by atoms with van der Waals surface area (Å²) in [6, 6.07) is 4.50. The second-order valence-electron chi connectivity index (χ2n) is 3.12. The lowest BCUT2D eigenvalue weighted by atomic mass is 10.1. The molecule has 17 heavy (non-hydrogen) atoms. The van der Waals surface area contributed by atoms with E-state index in [9.17, 15) is 14.7 Å². The van der Waals surface area contributed by atoms with Crippen LogP contribution in [-0.2, 0) is 9.59 Å². The van der Waals surface area contributed by atoms with E-state index in [1.54, 1.807) is 6.07 Å². The van der Waals surface area contributed by atoms with Crippen LogP contribution in [0.4, 0.5) is 0 Å². The molecule has 0 aliphatic carbocycles. The first-order valence-corrected chi connectivity index (χ1v) is 4.64. The number of hydrogen-bond donors (Lipinski definition) is 3. The highest BCUT2D eigenvalue weighted by Crippen LogP contribution is 2.23. The molecule has 0 aliphatic rings. The fourth-order valence-electron chi connectivity index (χ4n) is 1.21. The predicted octanol–water partition coefficient (Wildman–Crippen LogP) is 1.59. The zero-order valence-electron chi connectivity index (χ0n) is 8.70. The molecular weight excluding hydrogens is 224 g/mol. The summed E-state index contributed by atoms with van der Waals surface area (Å²) in [4.78, 5) is 20.8. The first kappa shape index (κ1) is 12.5. The molecule has 5 nitrogen and oxygen atoms in total. The highest BCUT2D eigenvalue weighted by molar-refractivity contribution is 5.89. The maximum Gasteiger partial charge on any atom is 0.328 e. The monoisotopic (exact) mass is 234 g/mol. The van der Waals surface area contributed by atoms with Gasteiger partial charge in [0.25, 0.3) is 0 Å². The minimum absolute atomic E-state index is 0.116. The quantitative estimate of drug-likeness (QED) is 0.687. The van der Waals surface area contributed by atoms with Gasteiger partial charge in [-0.1, -0.05) is 12.1 Å². The first-order chi connectivity index (χ1) is 8.00. The van der Waals surface area contributed by atoms with Crippen molar-refractivity contribution in [3.05, 3.63) is 41.5 Å². The van der Waals surface area contributed by atoms with Crippen LogP contribution in [0.1, 0.15) is 11.1 Å². The van der Waals surface area contributed by atoms with Crippen LogP contribution in [0.25, 0.3) is 12.2 Å². The lowest BCUT2D eigenvalue weighted by Crippen LogP contribution is -1.89. The lowest BCUT2D eigenvalue weighted by molar-refractivity contribution is -0.132. The van der Waals surface area contributed by atoms with E-state index in [-0.39, 0.29) is 11.3 Å². The molecule has 88 valence electrons. The summed E-state index contributed by atoms with van der Waals surface area (Å²) in [5.41, 5.74) is 0.678. The Morgan fingerprint density at radius 2 is 1.59 bits per heavy atom. The third kappa shape index (κ3) is 3.83. The number of aromatic hydroxyl groups is 1. The Morgan fingerprint density at radius 1 is 1.00 bits per heavy atom. The van der Waals surface area contributed by atoms with Gasteiger partial charge in [-0.3, -0.25) is 0 Å². The summed E-state index contributed by atoms with van der Waals surface area (Å²) < 4.78 is 0. The number of benzene rings is 1. The molecule has 0 spiro atoms. The van der Waals surface area contributed by atoms with Crippen molar-refractivity contribution in [2.24, 2.45) is 0 Å². The fraction of sp³-hybridized carbons (Fsp3) is 0. The van der Waals surface area contributed by atoms with Gasteiger partial charge < -0.3 is 15.3 Å². The summed E-state index contributed by atoms with van der Waals surface area (Å²) in [6.07, 6.45) is 4.27. The van der Waals surface area contributed by atoms with E-state index in [1.165, 1.54) is 24.3 Å². The summed E-state index contributed by atoms with van der Waals surface area (Å²) in [7, 11) is 0. The average Bonchev–Trinajstić information content (AvgIpc) is 2.24. The number of carboxylic acids is 2. The third-order valence-corrected chi connectivity index (χ3v) is 1.91. The molecule has 0 bridgehead atoms. The smallest absolute Gasteiger partial charge is 0.328 e. The van der Waals surface area contributed by atoms with Crippen molar-refractivity contribution >= 4 is 24.1 Å². The molecule has 1 rings (SSSR count). The molecule has 0 unspecified atom stereocenters. The van der Waals surface area contributed by atoms with Crippen LogP contribution in [0.5, 0.6) is 5.75 Å². The normalized spacial score (nSPS) is 11.1. The number of phenols is 1. The van der Waals surface area contributed by atoms with Crippen molar-refractivity contribution in [2.75, 3.05) is 0 Å². The largest absolute Gasteiger partial charge is 0.507 e. The molecule has 0 amide bonds. The Balaban J connectivity index is 3.17. The summed E-state index contributed by atoms with van der Waals surface area (Å²) in [5, 5.41) is 26.5. The van der Waals surface area contributed by atoms with E-state index in [4.69, 9.17) is 10.2 Å². The van der Waals surface area contributed by atoms with E-state index in [0.717, 1.165) is 12.2 Å². The van der Waals surface area contributed by atoms with E-state index in [0.29, 0.717) is 5.56 Å². The van der Waals surface area contributed by atoms with Crippen LogP contribution in [0.15, 0.2) is 30.4 Å². The van der Waals surface area contributed by atoms with Crippen molar-refractivity contribution in [2.45, 2.75) is 0 Å². The Morgan fingerprint density at radius 3 is 2.18 bits per heavy atom. The van der Waals surface area contributed by atoms with Crippen LogP contribution in [0.2, 0.25) is 0 Å². The molecule has 0 saturated carbocycles. The lowest BCUT2D eigenvalue weighted by Gasteiger charge is -2.03. The maximum absolute atomic E-state index is 10.4. The van der Waals surface area contributed by atoms with E-state index in [2.05, 4.69) is 0 Å². The van der Waals surface area contributed by atoms with Gasteiger partial charge in [-0.05, 0) is 23.8 Å². The van der Waals surface area contributed by atoms with E-state index in [1.807, 2.05) is 0 Å². The minimum Gasteiger partial charge on any atom is -0.507 e. The molecular formula is C12H10O5.